The fraction of sp³-hybridized carbons (Fsp3) is 0.467. The van der Waals surface area contributed by atoms with Gasteiger partial charge in [-0.25, -0.2) is 4.98 Å². The van der Waals surface area contributed by atoms with Gasteiger partial charge in [-0.3, -0.25) is 9.58 Å². The van der Waals surface area contributed by atoms with Crippen LogP contribution in [0.15, 0.2) is 30.6 Å². The highest BCUT2D eigenvalue weighted by molar-refractivity contribution is 5.85. The van der Waals surface area contributed by atoms with E-state index in [0.29, 0.717) is 0 Å². The lowest BCUT2D eigenvalue weighted by Crippen LogP contribution is -2.45. The minimum absolute atomic E-state index is 0. The smallest absolute Gasteiger partial charge is 0.140 e. The van der Waals surface area contributed by atoms with Gasteiger partial charge in [-0.1, -0.05) is 18.2 Å². The van der Waals surface area contributed by atoms with E-state index in [9.17, 15) is 0 Å². The number of hydrogen-bond acceptors (Lipinski definition) is 5. The summed E-state index contributed by atoms with van der Waals surface area (Å²) in [5.41, 5.74) is 1.22. The highest BCUT2D eigenvalue weighted by Crippen LogP contribution is 2.30. The molecule has 6 nitrogen and oxygen atoms in total. The van der Waals surface area contributed by atoms with Gasteiger partial charge in [-0.2, -0.15) is 5.10 Å². The maximum Gasteiger partial charge on any atom is 0.140 e. The molecule has 0 bridgehead atoms. The van der Waals surface area contributed by atoms with Crippen molar-refractivity contribution in [3.8, 4) is 5.75 Å². The zero-order valence-corrected chi connectivity index (χ0v) is 14.9. The van der Waals surface area contributed by atoms with Crippen molar-refractivity contribution < 1.29 is 4.74 Å². The number of rotatable bonds is 4. The quantitative estimate of drug-likeness (QED) is 0.902. The van der Waals surface area contributed by atoms with Gasteiger partial charge in [0.15, 0.2) is 0 Å². The molecule has 1 atom stereocenters. The van der Waals surface area contributed by atoms with E-state index in [0.717, 1.165) is 37.8 Å². The van der Waals surface area contributed by atoms with Crippen LogP contribution in [0.25, 0.3) is 0 Å². The van der Waals surface area contributed by atoms with Crippen molar-refractivity contribution in [3.05, 3.63) is 42.0 Å². The van der Waals surface area contributed by atoms with Crippen LogP contribution in [0.2, 0.25) is 0 Å². The Morgan fingerprint density at radius 2 is 2.09 bits per heavy atom. The van der Waals surface area contributed by atoms with Crippen LogP contribution in [0.5, 0.6) is 5.75 Å². The van der Waals surface area contributed by atoms with Gasteiger partial charge in [0.05, 0.1) is 19.7 Å². The molecule has 1 aliphatic rings. The van der Waals surface area contributed by atoms with E-state index in [-0.39, 0.29) is 30.9 Å². The van der Waals surface area contributed by atoms with Crippen LogP contribution in [-0.2, 0) is 13.6 Å². The van der Waals surface area contributed by atoms with E-state index >= 15 is 0 Å². The lowest BCUT2D eigenvalue weighted by molar-refractivity contribution is 0.145. The zero-order valence-electron chi connectivity index (χ0n) is 13.3. The molecule has 0 aliphatic carbocycles. The lowest BCUT2D eigenvalue weighted by atomic mass is 10.0. The third-order valence-corrected chi connectivity index (χ3v) is 4.00. The molecule has 1 saturated heterocycles. The van der Waals surface area contributed by atoms with Crippen LogP contribution in [0, 0.1) is 0 Å². The molecule has 0 amide bonds. The van der Waals surface area contributed by atoms with Gasteiger partial charge in [0.1, 0.15) is 17.9 Å². The number of benzene rings is 1. The fourth-order valence-corrected chi connectivity index (χ4v) is 2.83. The number of nitrogens with zero attached hydrogens (tertiary/aromatic N) is 4. The van der Waals surface area contributed by atoms with Gasteiger partial charge in [0, 0.05) is 32.2 Å². The Bertz CT molecular complexity index is 607. The molecule has 23 heavy (non-hydrogen) atoms. The molecule has 0 spiro atoms. The maximum absolute atomic E-state index is 5.52. The third-order valence-electron chi connectivity index (χ3n) is 4.00. The molecule has 128 valence electrons. The fourth-order valence-electron chi connectivity index (χ4n) is 2.83. The molecule has 3 rings (SSSR count). The zero-order chi connectivity index (χ0) is 14.7. The predicted octanol–water partition coefficient (Wildman–Crippen LogP) is 1.81. The normalized spacial score (nSPS) is 17.9. The van der Waals surface area contributed by atoms with Crippen molar-refractivity contribution >= 4 is 24.8 Å². The Kier molecular flexibility index (Phi) is 7.78. The second kappa shape index (κ2) is 9.08. The van der Waals surface area contributed by atoms with Crippen LogP contribution in [-0.4, -0.2) is 46.4 Å². The van der Waals surface area contributed by atoms with E-state index in [1.165, 1.54) is 5.56 Å². The Morgan fingerprint density at radius 1 is 1.30 bits per heavy atom. The summed E-state index contributed by atoms with van der Waals surface area (Å²) in [5.74, 6) is 1.92. The van der Waals surface area contributed by atoms with Crippen molar-refractivity contribution in [2.75, 3.05) is 26.7 Å². The minimum atomic E-state index is 0. The SMILES string of the molecule is COc1ccccc1C1CNCCN1Cc1ncnn1C.Cl.Cl. The van der Waals surface area contributed by atoms with Crippen LogP contribution in [0.4, 0.5) is 0 Å². The maximum atomic E-state index is 5.52. The van der Waals surface area contributed by atoms with E-state index in [2.05, 4.69) is 32.4 Å². The van der Waals surface area contributed by atoms with Crippen molar-refractivity contribution in [3.63, 3.8) is 0 Å². The Balaban J connectivity index is 0.00000132. The summed E-state index contributed by atoms with van der Waals surface area (Å²) in [7, 11) is 3.66. The van der Waals surface area contributed by atoms with E-state index < -0.39 is 0 Å². The van der Waals surface area contributed by atoms with Crippen molar-refractivity contribution in [1.82, 2.24) is 25.0 Å². The number of hydrogen-bond donors (Lipinski definition) is 1. The first-order valence-corrected chi connectivity index (χ1v) is 7.20. The van der Waals surface area contributed by atoms with Gasteiger partial charge in [-0.05, 0) is 6.07 Å². The average Bonchev–Trinajstić information content (AvgIpc) is 2.93. The number of ether oxygens (including phenoxy) is 1. The number of nitrogens with one attached hydrogen (secondary N) is 1. The molecular formula is C15H23Cl2N5O. The van der Waals surface area contributed by atoms with Gasteiger partial charge in [0.25, 0.3) is 0 Å². The molecule has 1 aliphatic heterocycles. The van der Waals surface area contributed by atoms with Gasteiger partial charge < -0.3 is 10.1 Å². The van der Waals surface area contributed by atoms with E-state index in [1.54, 1.807) is 13.4 Å². The molecule has 2 aromatic rings. The summed E-state index contributed by atoms with van der Waals surface area (Å²) in [4.78, 5) is 6.77. The summed E-state index contributed by atoms with van der Waals surface area (Å²) in [6, 6.07) is 8.51. The summed E-state index contributed by atoms with van der Waals surface area (Å²) < 4.78 is 7.35. The highest BCUT2D eigenvalue weighted by Gasteiger charge is 2.27. The summed E-state index contributed by atoms with van der Waals surface area (Å²) in [5, 5.41) is 7.62. The molecular weight excluding hydrogens is 337 g/mol. The standard InChI is InChI=1S/C15H21N5O.2ClH/c1-19-15(17-11-18-19)10-20-8-7-16-9-13(20)12-5-3-4-6-14(12)21-2;;/h3-6,11,13,16H,7-10H2,1-2H3;2*1H. The molecule has 1 aromatic heterocycles. The Hall–Kier alpha value is -1.34. The molecule has 2 heterocycles. The van der Waals surface area contributed by atoms with E-state index in [1.807, 2.05) is 23.9 Å². The first-order valence-electron chi connectivity index (χ1n) is 7.20. The molecule has 1 unspecified atom stereocenters. The molecule has 0 radical (unpaired) electrons. The number of para-hydroxylation sites is 1. The van der Waals surface area contributed by atoms with Gasteiger partial charge in [-0.15, -0.1) is 24.8 Å². The molecule has 1 N–H and O–H groups in total. The summed E-state index contributed by atoms with van der Waals surface area (Å²) in [6.07, 6.45) is 1.61. The highest BCUT2D eigenvalue weighted by atomic mass is 35.5. The predicted molar refractivity (Wildman–Crippen MR) is 94.5 cm³/mol. The number of aryl methyl sites for hydroxylation is 1. The third kappa shape index (κ3) is 4.35. The minimum Gasteiger partial charge on any atom is -0.496 e. The number of methoxy groups -OCH3 is 1. The number of halogens is 2. The van der Waals surface area contributed by atoms with Crippen LogP contribution in [0.1, 0.15) is 17.4 Å². The Labute approximate surface area is 149 Å². The van der Waals surface area contributed by atoms with Crippen molar-refractivity contribution in [1.29, 1.82) is 0 Å². The Morgan fingerprint density at radius 3 is 2.78 bits per heavy atom. The lowest BCUT2D eigenvalue weighted by Gasteiger charge is -2.36. The first-order chi connectivity index (χ1) is 10.3. The summed E-state index contributed by atoms with van der Waals surface area (Å²) in [6.45, 7) is 3.68. The molecule has 1 aromatic carbocycles. The van der Waals surface area contributed by atoms with E-state index in [4.69, 9.17) is 4.74 Å². The van der Waals surface area contributed by atoms with Crippen LogP contribution in [0.3, 0.4) is 0 Å². The molecule has 8 heteroatoms. The topological polar surface area (TPSA) is 55.2 Å². The second-order valence-electron chi connectivity index (χ2n) is 5.23. The average molecular weight is 360 g/mol. The largest absolute Gasteiger partial charge is 0.496 e. The van der Waals surface area contributed by atoms with Crippen molar-refractivity contribution in [2.45, 2.75) is 12.6 Å². The molecule has 0 saturated carbocycles. The number of aromatic nitrogens is 3. The second-order valence-corrected chi connectivity index (χ2v) is 5.23. The van der Waals surface area contributed by atoms with Gasteiger partial charge >= 0.3 is 0 Å². The van der Waals surface area contributed by atoms with Crippen LogP contribution < -0.4 is 10.1 Å². The first kappa shape index (κ1) is 19.7. The van der Waals surface area contributed by atoms with Crippen LogP contribution >= 0.6 is 24.8 Å². The summed E-state index contributed by atoms with van der Waals surface area (Å²) >= 11 is 0. The number of piperazine rings is 1. The monoisotopic (exact) mass is 359 g/mol. The molecule has 1 fully saturated rings. The van der Waals surface area contributed by atoms with Crippen molar-refractivity contribution in [2.24, 2.45) is 7.05 Å². The van der Waals surface area contributed by atoms with Gasteiger partial charge in [0.2, 0.25) is 0 Å².